The molecule has 0 saturated carbocycles. The van der Waals surface area contributed by atoms with Crippen LogP contribution in [-0.4, -0.2) is 47.7 Å². The zero-order valence-corrected chi connectivity index (χ0v) is 22.3. The van der Waals surface area contributed by atoms with E-state index in [0.717, 1.165) is 31.4 Å². The molecule has 1 saturated heterocycles. The molecule has 1 unspecified atom stereocenters. The van der Waals surface area contributed by atoms with Crippen LogP contribution in [0.3, 0.4) is 0 Å². The number of carbonyl (C=O) groups is 1. The van der Waals surface area contributed by atoms with E-state index >= 15 is 4.39 Å². The molecule has 9 heteroatoms. The maximum atomic E-state index is 15.7. The molecule has 1 atom stereocenters. The smallest absolute Gasteiger partial charge is 0.249 e. The van der Waals surface area contributed by atoms with Gasteiger partial charge < -0.3 is 9.64 Å². The third-order valence-electron chi connectivity index (χ3n) is 7.76. The predicted octanol–water partition coefficient (Wildman–Crippen LogP) is 6.44. The van der Waals surface area contributed by atoms with Gasteiger partial charge in [0.2, 0.25) is 5.91 Å². The number of piperidine rings is 1. The first-order chi connectivity index (χ1) is 18.3. The van der Waals surface area contributed by atoms with Crippen molar-refractivity contribution in [1.29, 1.82) is 0 Å². The van der Waals surface area contributed by atoms with Crippen LogP contribution in [0.25, 0.3) is 10.9 Å². The Bertz CT molecular complexity index is 1230. The number of pyridine rings is 1. The van der Waals surface area contributed by atoms with Crippen LogP contribution in [0.1, 0.15) is 55.8 Å². The number of methoxy groups -OCH3 is 1. The van der Waals surface area contributed by atoms with Gasteiger partial charge in [-0.15, -0.1) is 0 Å². The van der Waals surface area contributed by atoms with E-state index in [1.807, 2.05) is 17.6 Å². The number of aryl methyl sites for hydroxylation is 1. The first kappa shape index (κ1) is 28.2. The van der Waals surface area contributed by atoms with Gasteiger partial charge >= 0.3 is 0 Å². The van der Waals surface area contributed by atoms with Crippen molar-refractivity contribution in [2.24, 2.45) is 5.41 Å². The molecule has 2 heterocycles. The highest BCUT2D eigenvalue weighted by molar-refractivity contribution is 6.32. The van der Waals surface area contributed by atoms with Gasteiger partial charge in [0.05, 0.1) is 23.1 Å². The number of fused-ring (bicyclic) bond motifs is 1. The number of nitrogens with zero attached hydrogens (tertiary/aromatic N) is 2. The first-order valence-corrected chi connectivity index (χ1v) is 13.4. The van der Waals surface area contributed by atoms with Crippen LogP contribution >= 0.6 is 11.6 Å². The lowest BCUT2D eigenvalue weighted by molar-refractivity contribution is -0.143. The molecule has 1 amide bonds. The van der Waals surface area contributed by atoms with Crippen molar-refractivity contribution < 1.29 is 23.5 Å². The van der Waals surface area contributed by atoms with Crippen LogP contribution in [0.5, 0.6) is 5.75 Å². The number of rotatable bonds is 11. The molecule has 38 heavy (non-hydrogen) atoms. The fraction of sp³-hybridized carbons (Fsp3) is 0.448. The molecule has 1 aliphatic heterocycles. The second-order valence-electron chi connectivity index (χ2n) is 10.1. The van der Waals surface area contributed by atoms with Crippen molar-refractivity contribution in [2.45, 2.75) is 51.1 Å². The summed E-state index contributed by atoms with van der Waals surface area (Å²) in [6.45, 7) is 2.28. The number of nitrogens with one attached hydrogen (secondary N) is 1. The fourth-order valence-corrected chi connectivity index (χ4v) is 5.66. The van der Waals surface area contributed by atoms with Crippen molar-refractivity contribution >= 4 is 28.4 Å². The lowest BCUT2D eigenvalue weighted by Crippen LogP contribution is -2.48. The normalized spacial score (nSPS) is 16.3. The van der Waals surface area contributed by atoms with Crippen LogP contribution in [0.2, 0.25) is 5.02 Å². The number of likely N-dealkylation sites (tertiary alicyclic amines) is 1. The maximum Gasteiger partial charge on any atom is 0.249 e. The highest BCUT2D eigenvalue weighted by atomic mass is 35.5. The molecule has 1 aliphatic rings. The molecule has 1 fully saturated rings. The van der Waals surface area contributed by atoms with Crippen molar-refractivity contribution in [3.63, 3.8) is 0 Å². The van der Waals surface area contributed by atoms with Gasteiger partial charge in [-0.1, -0.05) is 23.7 Å². The summed E-state index contributed by atoms with van der Waals surface area (Å²) < 4.78 is 34.1. The molecular formula is C29H34ClF2N3O3. The van der Waals surface area contributed by atoms with E-state index in [2.05, 4.69) is 9.88 Å². The Morgan fingerprint density at radius 1 is 1.21 bits per heavy atom. The van der Waals surface area contributed by atoms with Crippen LogP contribution in [0.4, 0.5) is 8.78 Å². The lowest BCUT2D eigenvalue weighted by Gasteiger charge is -2.40. The number of hydrogen-bond acceptors (Lipinski definition) is 5. The Morgan fingerprint density at radius 3 is 2.63 bits per heavy atom. The Morgan fingerprint density at radius 2 is 1.95 bits per heavy atom. The van der Waals surface area contributed by atoms with Gasteiger partial charge in [-0.2, -0.15) is 0 Å². The molecule has 204 valence electrons. The van der Waals surface area contributed by atoms with Crippen molar-refractivity contribution in [3.8, 4) is 5.75 Å². The van der Waals surface area contributed by atoms with Crippen molar-refractivity contribution in [2.75, 3.05) is 26.7 Å². The summed E-state index contributed by atoms with van der Waals surface area (Å²) in [5.74, 6) is -0.113. The predicted molar refractivity (Wildman–Crippen MR) is 144 cm³/mol. The third kappa shape index (κ3) is 6.60. The summed E-state index contributed by atoms with van der Waals surface area (Å²) in [4.78, 5) is 19.4. The summed E-state index contributed by atoms with van der Waals surface area (Å²) in [6, 6.07) is 11.8. The van der Waals surface area contributed by atoms with Gasteiger partial charge in [-0.25, -0.2) is 14.3 Å². The summed E-state index contributed by atoms with van der Waals surface area (Å²) in [6.07, 6.45) is 4.33. The van der Waals surface area contributed by atoms with Crippen LogP contribution in [0, 0.1) is 11.2 Å². The number of carbonyl (C=O) groups excluding carboxylic acids is 1. The number of halogens is 3. The Hall–Kier alpha value is -2.81. The molecule has 0 bridgehead atoms. The number of amides is 1. The second kappa shape index (κ2) is 12.8. The van der Waals surface area contributed by atoms with E-state index in [0.29, 0.717) is 48.1 Å². The number of ether oxygens (including phenoxy) is 1. The number of hydroxylamine groups is 1. The van der Waals surface area contributed by atoms with Crippen LogP contribution in [-0.2, 0) is 11.2 Å². The van der Waals surface area contributed by atoms with E-state index < -0.39 is 17.5 Å². The van der Waals surface area contributed by atoms with Crippen LogP contribution < -0.4 is 10.2 Å². The number of alkyl halides is 1. The summed E-state index contributed by atoms with van der Waals surface area (Å²) in [5, 5.41) is 10.3. The Kier molecular flexibility index (Phi) is 9.52. The second-order valence-corrected chi connectivity index (χ2v) is 10.5. The van der Waals surface area contributed by atoms with E-state index in [9.17, 15) is 14.4 Å². The van der Waals surface area contributed by atoms with Crippen LogP contribution in [0.15, 0.2) is 48.7 Å². The quantitative estimate of drug-likeness (QED) is 0.165. The van der Waals surface area contributed by atoms with Gasteiger partial charge in [-0.3, -0.25) is 15.0 Å². The molecule has 4 rings (SSSR count). The van der Waals surface area contributed by atoms with E-state index in [4.69, 9.17) is 16.3 Å². The molecule has 1 aromatic heterocycles. The minimum Gasteiger partial charge on any atom is -0.497 e. The monoisotopic (exact) mass is 545 g/mol. The standard InChI is InChI=1S/C29H34ClF2N3O3/c1-38-22-9-10-26-23(18-22)27(24(30)19-33-26)25(32)11-12-29(28(36)34-37)13-16-35(17-14-29)15-3-2-4-20-5-7-21(31)8-6-20/h5-10,18-19,25,37H,2-4,11-17H2,1H3,(H,34,36). The molecule has 2 aromatic carbocycles. The summed E-state index contributed by atoms with van der Waals surface area (Å²) >= 11 is 6.38. The van der Waals surface area contributed by atoms with Gasteiger partial charge in [0.1, 0.15) is 17.7 Å². The molecule has 3 aromatic rings. The molecule has 6 nitrogen and oxygen atoms in total. The summed E-state index contributed by atoms with van der Waals surface area (Å²) in [5.41, 5.74) is 3.05. The summed E-state index contributed by atoms with van der Waals surface area (Å²) in [7, 11) is 1.54. The highest BCUT2D eigenvalue weighted by Gasteiger charge is 2.41. The highest BCUT2D eigenvalue weighted by Crippen LogP contribution is 2.42. The van der Waals surface area contributed by atoms with E-state index in [1.165, 1.54) is 18.3 Å². The van der Waals surface area contributed by atoms with Crippen molar-refractivity contribution in [3.05, 3.63) is 70.6 Å². The first-order valence-electron chi connectivity index (χ1n) is 13.0. The average molecular weight is 546 g/mol. The minimum atomic E-state index is -1.41. The van der Waals surface area contributed by atoms with E-state index in [1.54, 1.807) is 25.3 Å². The molecule has 2 N–H and O–H groups in total. The maximum absolute atomic E-state index is 15.7. The van der Waals surface area contributed by atoms with Gasteiger partial charge in [0.15, 0.2) is 0 Å². The van der Waals surface area contributed by atoms with E-state index in [-0.39, 0.29) is 23.7 Å². The zero-order valence-electron chi connectivity index (χ0n) is 21.6. The zero-order chi connectivity index (χ0) is 27.1. The average Bonchev–Trinajstić information content (AvgIpc) is 2.94. The topological polar surface area (TPSA) is 74.7 Å². The minimum absolute atomic E-state index is 0.0845. The number of aromatic nitrogens is 1. The number of benzene rings is 2. The third-order valence-corrected chi connectivity index (χ3v) is 8.06. The SMILES string of the molecule is COc1ccc2ncc(Cl)c(C(F)CCC3(C(=O)NO)CCN(CCCCc4ccc(F)cc4)CC3)c2c1. The Labute approximate surface area is 226 Å². The molecular weight excluding hydrogens is 512 g/mol. The molecule has 0 spiro atoms. The lowest BCUT2D eigenvalue weighted by atomic mass is 9.73. The molecule has 0 aliphatic carbocycles. The van der Waals surface area contributed by atoms with Gasteiger partial charge in [0, 0.05) is 17.1 Å². The Balaban J connectivity index is 1.35. The fourth-order valence-electron chi connectivity index (χ4n) is 5.39. The number of unbranched alkanes of at least 4 members (excludes halogenated alkanes) is 1. The number of hydrogen-bond donors (Lipinski definition) is 2. The van der Waals surface area contributed by atoms with Crippen molar-refractivity contribution in [1.82, 2.24) is 15.4 Å². The van der Waals surface area contributed by atoms with Gasteiger partial charge in [0.25, 0.3) is 0 Å². The largest absolute Gasteiger partial charge is 0.497 e. The molecule has 0 radical (unpaired) electrons. The van der Waals surface area contributed by atoms with Gasteiger partial charge in [-0.05, 0) is 100 Å².